The maximum absolute atomic E-state index is 2.44. The van der Waals surface area contributed by atoms with E-state index in [2.05, 4.69) is 107 Å². The zero-order valence-electron chi connectivity index (χ0n) is 16.8. The molecule has 0 N–H and O–H groups in total. The van der Waals surface area contributed by atoms with E-state index in [4.69, 9.17) is 0 Å². The third-order valence-electron chi connectivity index (χ3n) is 6.27. The molecule has 0 saturated carbocycles. The number of rotatable bonds is 3. The predicted octanol–water partition coefficient (Wildman–Crippen LogP) is 7.17. The third-order valence-corrected chi connectivity index (χ3v) is 6.27. The zero-order valence-corrected chi connectivity index (χ0v) is 16.8. The molecule has 0 aliphatic heterocycles. The zero-order chi connectivity index (χ0) is 19.0. The number of aryl methyl sites for hydroxylation is 1. The van der Waals surface area contributed by atoms with Gasteiger partial charge in [0.2, 0.25) is 0 Å². The van der Waals surface area contributed by atoms with Crippen molar-refractivity contribution < 1.29 is 0 Å². The summed E-state index contributed by atoms with van der Waals surface area (Å²) in [5, 5.41) is 0. The molecule has 4 rings (SSSR count). The van der Waals surface area contributed by atoms with Gasteiger partial charge in [-0.15, -0.1) is 0 Å². The molecule has 0 aromatic heterocycles. The Labute approximate surface area is 163 Å². The fourth-order valence-electron chi connectivity index (χ4n) is 4.95. The largest absolute Gasteiger partial charge is 0.0873 e. The summed E-state index contributed by atoms with van der Waals surface area (Å²) in [5.74, 6) is 0.411. The van der Waals surface area contributed by atoms with E-state index in [0.29, 0.717) is 5.92 Å². The highest BCUT2D eigenvalue weighted by Gasteiger charge is 2.48. The molecule has 2 aromatic carbocycles. The normalized spacial score (nSPS) is 24.4. The maximum atomic E-state index is 2.44. The smallest absolute Gasteiger partial charge is 0.0525 e. The lowest BCUT2D eigenvalue weighted by molar-refractivity contribution is 0.452. The summed E-state index contributed by atoms with van der Waals surface area (Å²) in [6.07, 6.45) is 12.7. The van der Waals surface area contributed by atoms with Crippen LogP contribution in [-0.2, 0) is 5.41 Å². The van der Waals surface area contributed by atoms with Crippen LogP contribution in [0.5, 0.6) is 0 Å². The Hall–Kier alpha value is -2.60. The lowest BCUT2D eigenvalue weighted by atomic mass is 9.61. The molecule has 0 saturated heterocycles. The molecule has 0 heteroatoms. The standard InChI is InChI=1S/C27H28/c1-5-8-25-21(4)24-9-6-7-10-26(24)27(25,22-15-11-19(2)12-16-22)23-17-13-20(3)14-18-23/h5-17,23H,18H2,1-4H3/b8-5-. The maximum Gasteiger partial charge on any atom is 0.0525 e. The fraction of sp³-hybridized carbons (Fsp3) is 0.259. The lowest BCUT2D eigenvalue weighted by Crippen LogP contribution is -2.36. The second kappa shape index (κ2) is 6.85. The van der Waals surface area contributed by atoms with Crippen LogP contribution in [0.2, 0.25) is 0 Å². The fourth-order valence-corrected chi connectivity index (χ4v) is 4.95. The second-order valence-corrected chi connectivity index (χ2v) is 7.91. The molecule has 0 amide bonds. The molecule has 0 spiro atoms. The van der Waals surface area contributed by atoms with Crippen molar-refractivity contribution in [1.82, 2.24) is 0 Å². The van der Waals surface area contributed by atoms with Crippen LogP contribution < -0.4 is 0 Å². The molecular weight excluding hydrogens is 324 g/mol. The van der Waals surface area contributed by atoms with Crippen LogP contribution in [-0.4, -0.2) is 0 Å². The number of fused-ring (bicyclic) bond motifs is 1. The van der Waals surface area contributed by atoms with E-state index >= 15 is 0 Å². The van der Waals surface area contributed by atoms with Crippen molar-refractivity contribution >= 4 is 5.57 Å². The minimum absolute atomic E-state index is 0.130. The van der Waals surface area contributed by atoms with E-state index in [-0.39, 0.29) is 5.41 Å². The highest BCUT2D eigenvalue weighted by atomic mass is 14.5. The summed E-state index contributed by atoms with van der Waals surface area (Å²) in [6, 6.07) is 18.2. The Balaban J connectivity index is 2.06. The van der Waals surface area contributed by atoms with Gasteiger partial charge >= 0.3 is 0 Å². The van der Waals surface area contributed by atoms with E-state index in [1.165, 1.54) is 39.0 Å². The van der Waals surface area contributed by atoms with Gasteiger partial charge in [-0.05, 0) is 67.9 Å². The molecule has 136 valence electrons. The van der Waals surface area contributed by atoms with Crippen LogP contribution in [0.1, 0.15) is 49.4 Å². The van der Waals surface area contributed by atoms with Gasteiger partial charge in [-0.1, -0.05) is 90.0 Å². The minimum Gasteiger partial charge on any atom is -0.0873 e. The molecule has 0 heterocycles. The lowest BCUT2D eigenvalue weighted by Gasteiger charge is -2.41. The van der Waals surface area contributed by atoms with Gasteiger partial charge in [-0.3, -0.25) is 0 Å². The van der Waals surface area contributed by atoms with Crippen molar-refractivity contribution in [3.8, 4) is 0 Å². The Morgan fingerprint density at radius 1 is 0.963 bits per heavy atom. The topological polar surface area (TPSA) is 0 Å². The molecule has 2 aromatic rings. The quantitative estimate of drug-likeness (QED) is 0.549. The Kier molecular flexibility index (Phi) is 4.52. The van der Waals surface area contributed by atoms with Gasteiger partial charge in [0.15, 0.2) is 0 Å². The van der Waals surface area contributed by atoms with Crippen molar-refractivity contribution in [2.24, 2.45) is 5.92 Å². The summed E-state index contributed by atoms with van der Waals surface area (Å²) >= 11 is 0. The molecule has 2 aliphatic carbocycles. The number of hydrogen-bond donors (Lipinski definition) is 0. The van der Waals surface area contributed by atoms with E-state index in [1.54, 1.807) is 0 Å². The van der Waals surface area contributed by atoms with Crippen LogP contribution in [0.3, 0.4) is 0 Å². The average Bonchev–Trinajstić information content (AvgIpc) is 2.93. The van der Waals surface area contributed by atoms with Gasteiger partial charge in [-0.25, -0.2) is 0 Å². The molecule has 0 bridgehead atoms. The summed E-state index contributed by atoms with van der Waals surface area (Å²) in [4.78, 5) is 0. The number of allylic oxidation sites excluding steroid dienone is 8. The molecule has 2 aliphatic rings. The van der Waals surface area contributed by atoms with Crippen LogP contribution in [0.4, 0.5) is 0 Å². The Morgan fingerprint density at radius 3 is 2.37 bits per heavy atom. The van der Waals surface area contributed by atoms with Crippen molar-refractivity contribution in [1.29, 1.82) is 0 Å². The SMILES string of the molecule is C/C=C\C1=C(C)c2ccccc2C1(c1ccc(C)cc1)C1C=CC(C)=CC1. The van der Waals surface area contributed by atoms with Gasteiger partial charge < -0.3 is 0 Å². The van der Waals surface area contributed by atoms with Crippen molar-refractivity contribution in [3.05, 3.63) is 112 Å². The summed E-state index contributed by atoms with van der Waals surface area (Å²) in [5.41, 5.74) is 9.63. The van der Waals surface area contributed by atoms with Gasteiger partial charge in [0, 0.05) is 0 Å². The van der Waals surface area contributed by atoms with Crippen molar-refractivity contribution in [2.75, 3.05) is 0 Å². The molecule has 0 fully saturated rings. The van der Waals surface area contributed by atoms with Gasteiger partial charge in [-0.2, -0.15) is 0 Å². The minimum atomic E-state index is -0.130. The molecule has 0 nitrogen and oxygen atoms in total. The third kappa shape index (κ3) is 2.67. The van der Waals surface area contributed by atoms with Gasteiger partial charge in [0.1, 0.15) is 0 Å². The summed E-state index contributed by atoms with van der Waals surface area (Å²) in [7, 11) is 0. The van der Waals surface area contributed by atoms with E-state index in [1.807, 2.05) is 0 Å². The first kappa shape index (κ1) is 17.8. The monoisotopic (exact) mass is 352 g/mol. The van der Waals surface area contributed by atoms with Crippen LogP contribution >= 0.6 is 0 Å². The van der Waals surface area contributed by atoms with Gasteiger partial charge in [0.05, 0.1) is 5.41 Å². The Bertz CT molecular complexity index is 979. The van der Waals surface area contributed by atoms with Gasteiger partial charge in [0.25, 0.3) is 0 Å². The summed E-state index contributed by atoms with van der Waals surface area (Å²) < 4.78 is 0. The van der Waals surface area contributed by atoms with Crippen LogP contribution in [0.25, 0.3) is 5.57 Å². The number of benzene rings is 2. The Morgan fingerprint density at radius 2 is 1.70 bits per heavy atom. The molecular formula is C27H28. The molecule has 2 unspecified atom stereocenters. The molecule has 27 heavy (non-hydrogen) atoms. The first-order valence-electron chi connectivity index (χ1n) is 9.95. The second-order valence-electron chi connectivity index (χ2n) is 7.91. The number of hydrogen-bond acceptors (Lipinski definition) is 0. The molecule has 0 radical (unpaired) electrons. The van der Waals surface area contributed by atoms with E-state index in [9.17, 15) is 0 Å². The highest BCUT2D eigenvalue weighted by Crippen LogP contribution is 2.56. The average molecular weight is 353 g/mol. The first-order chi connectivity index (χ1) is 13.1. The van der Waals surface area contributed by atoms with Crippen LogP contribution in [0.15, 0.2) is 90.1 Å². The van der Waals surface area contributed by atoms with E-state index < -0.39 is 0 Å². The van der Waals surface area contributed by atoms with Crippen molar-refractivity contribution in [2.45, 2.75) is 39.5 Å². The van der Waals surface area contributed by atoms with Crippen molar-refractivity contribution in [3.63, 3.8) is 0 Å². The highest BCUT2D eigenvalue weighted by molar-refractivity contribution is 5.84. The predicted molar refractivity (Wildman–Crippen MR) is 117 cm³/mol. The first-order valence-corrected chi connectivity index (χ1v) is 9.95. The summed E-state index contributed by atoms with van der Waals surface area (Å²) in [6.45, 7) is 8.78. The molecule has 2 atom stereocenters. The van der Waals surface area contributed by atoms with Crippen LogP contribution in [0, 0.1) is 12.8 Å². The van der Waals surface area contributed by atoms with E-state index in [0.717, 1.165) is 6.42 Å².